The van der Waals surface area contributed by atoms with E-state index in [4.69, 9.17) is 19.3 Å². The van der Waals surface area contributed by atoms with Gasteiger partial charge in [0.15, 0.2) is 35.9 Å². The fourth-order valence-electron chi connectivity index (χ4n) is 6.84. The van der Waals surface area contributed by atoms with Crippen LogP contribution in [0.15, 0.2) is 54.3 Å². The monoisotopic (exact) mass is 641 g/mol. The van der Waals surface area contributed by atoms with E-state index in [1.165, 1.54) is 26.0 Å². The molecule has 5 N–H and O–H groups in total. The molecule has 2 aromatic rings. The Balaban J connectivity index is 0.000000407. The summed E-state index contributed by atoms with van der Waals surface area (Å²) >= 11 is 0. The number of aliphatic hydroxyl groups is 3. The number of phenolic OH excluding ortho intramolecular Hbond substituents is 1. The minimum atomic E-state index is -2.22. The number of carboxylic acids is 1. The van der Waals surface area contributed by atoms with Crippen molar-refractivity contribution in [2.75, 3.05) is 13.6 Å². The molecule has 0 aromatic heterocycles. The lowest BCUT2D eigenvalue weighted by Gasteiger charge is -2.61. The molecule has 2 aliphatic heterocycles. The number of likely N-dealkylation sites (N-methyl/N-ethyl adjacent to an activating group) is 1. The molecule has 1 spiro atoms. The summed E-state index contributed by atoms with van der Waals surface area (Å²) < 4.78 is 21.0. The van der Waals surface area contributed by atoms with Crippen LogP contribution in [0.1, 0.15) is 37.8 Å². The van der Waals surface area contributed by atoms with Gasteiger partial charge in [0, 0.05) is 24.9 Å². The first-order valence-corrected chi connectivity index (χ1v) is 14.6. The summed E-state index contributed by atoms with van der Waals surface area (Å²) in [6.45, 7) is 3.11. The number of phenols is 1. The summed E-state index contributed by atoms with van der Waals surface area (Å²) in [5.41, 5.74) is -0.558. The Kier molecular flexibility index (Phi) is 8.84. The summed E-state index contributed by atoms with van der Waals surface area (Å²) in [6.07, 6.45) is -3.65. The van der Waals surface area contributed by atoms with Gasteiger partial charge in [0.2, 0.25) is 0 Å². The van der Waals surface area contributed by atoms with E-state index in [1.54, 1.807) is 30.3 Å². The number of nitrogens with zero attached hydrogens (tertiary/aromatic N) is 1. The van der Waals surface area contributed by atoms with Gasteiger partial charge >= 0.3 is 23.9 Å². The van der Waals surface area contributed by atoms with Crippen LogP contribution in [0.4, 0.5) is 0 Å². The average molecular weight is 642 g/mol. The first kappa shape index (κ1) is 32.9. The largest absolute Gasteiger partial charge is 0.504 e. The van der Waals surface area contributed by atoms with Crippen LogP contribution in [0.2, 0.25) is 0 Å². The zero-order valence-electron chi connectivity index (χ0n) is 25.3. The number of ether oxygens (including phenoxy) is 4. The molecule has 1 saturated heterocycles. The van der Waals surface area contributed by atoms with E-state index in [0.717, 1.165) is 11.1 Å². The van der Waals surface area contributed by atoms with E-state index in [1.807, 2.05) is 13.1 Å². The summed E-state index contributed by atoms with van der Waals surface area (Å²) in [7, 11) is 1.96. The Morgan fingerprint density at radius 1 is 1.02 bits per heavy atom. The van der Waals surface area contributed by atoms with E-state index in [9.17, 15) is 39.6 Å². The van der Waals surface area contributed by atoms with E-state index >= 15 is 0 Å². The maximum Gasteiger partial charge on any atom is 0.344 e. The van der Waals surface area contributed by atoms with Crippen molar-refractivity contribution in [3.8, 4) is 17.2 Å². The highest BCUT2D eigenvalue weighted by Gasteiger charge is 2.72. The van der Waals surface area contributed by atoms with Gasteiger partial charge in [0.25, 0.3) is 0 Å². The molecule has 4 aliphatic rings. The van der Waals surface area contributed by atoms with Crippen LogP contribution in [0.3, 0.4) is 0 Å². The molecular weight excluding hydrogens is 606 g/mol. The van der Waals surface area contributed by atoms with Gasteiger partial charge in [-0.25, -0.2) is 14.4 Å². The van der Waals surface area contributed by atoms with E-state index in [-0.39, 0.29) is 35.5 Å². The number of piperidine rings is 1. The summed E-state index contributed by atoms with van der Waals surface area (Å²) in [5.74, 6) is -3.84. The molecule has 1 fully saturated rings. The van der Waals surface area contributed by atoms with Crippen LogP contribution in [0.5, 0.6) is 17.2 Å². The van der Waals surface area contributed by atoms with Gasteiger partial charge in [0.05, 0.1) is 11.0 Å². The van der Waals surface area contributed by atoms with Gasteiger partial charge in [-0.2, -0.15) is 0 Å². The second-order valence-electron chi connectivity index (χ2n) is 11.7. The minimum Gasteiger partial charge on any atom is -0.504 e. The van der Waals surface area contributed by atoms with Crippen molar-refractivity contribution in [3.63, 3.8) is 0 Å². The lowest BCUT2D eigenvalue weighted by Crippen LogP contribution is -2.74. The number of hydrogen-bond donors (Lipinski definition) is 5. The highest BCUT2D eigenvalue weighted by atomic mass is 16.6. The Morgan fingerprint density at radius 3 is 2.28 bits per heavy atom. The number of carboxylic acid groups (broad SMARTS) is 1. The summed E-state index contributed by atoms with van der Waals surface area (Å²) in [5, 5.41) is 51.5. The van der Waals surface area contributed by atoms with E-state index < -0.39 is 59.3 Å². The number of hydrogen-bond acceptors (Lipinski definition) is 13. The van der Waals surface area contributed by atoms with Crippen LogP contribution in [-0.2, 0) is 40.5 Å². The Labute approximate surface area is 263 Å². The number of aromatic hydroxyl groups is 1. The van der Waals surface area contributed by atoms with Crippen LogP contribution < -0.4 is 9.47 Å². The van der Waals surface area contributed by atoms with Crippen molar-refractivity contribution in [2.24, 2.45) is 0 Å². The molecule has 1 unspecified atom stereocenters. The van der Waals surface area contributed by atoms with Gasteiger partial charge in [-0.15, -0.1) is 0 Å². The van der Waals surface area contributed by atoms with Crippen molar-refractivity contribution < 1.29 is 63.7 Å². The van der Waals surface area contributed by atoms with Crippen molar-refractivity contribution >= 4 is 23.9 Å². The average Bonchev–Trinajstić information content (AvgIpc) is 3.37. The van der Waals surface area contributed by atoms with Crippen LogP contribution >= 0.6 is 0 Å². The van der Waals surface area contributed by atoms with Crippen molar-refractivity contribution in [3.05, 3.63) is 65.4 Å². The number of aliphatic hydroxyl groups excluding tert-OH is 2. The number of carbonyl (C=O) groups excluding carboxylic acids is 3. The van der Waals surface area contributed by atoms with Crippen molar-refractivity contribution in [2.45, 2.75) is 74.6 Å². The summed E-state index contributed by atoms with van der Waals surface area (Å²) in [4.78, 5) is 47.3. The van der Waals surface area contributed by atoms with Gasteiger partial charge in [-0.05, 0) is 63.2 Å². The number of carbonyl (C=O) groups is 4. The molecule has 2 bridgehead atoms. The molecule has 2 heterocycles. The van der Waals surface area contributed by atoms with E-state index in [0.29, 0.717) is 19.4 Å². The van der Waals surface area contributed by atoms with Crippen molar-refractivity contribution in [1.29, 1.82) is 0 Å². The first-order valence-electron chi connectivity index (χ1n) is 14.6. The number of rotatable bonds is 7. The van der Waals surface area contributed by atoms with Crippen LogP contribution in [0, 0.1) is 0 Å². The topological polar surface area (TPSA) is 210 Å². The number of aliphatic carboxylic acids is 1. The predicted octanol–water partition coefficient (Wildman–Crippen LogP) is 0.563. The second-order valence-corrected chi connectivity index (χ2v) is 11.7. The Morgan fingerprint density at radius 2 is 1.67 bits per heavy atom. The standard InChI is InChI=1S/C27H27NO9.C5H8O4/c1-28-12-11-26-19-14-7-8-16(29)22(19)37-23(26)17(9-10-27(26,34)18(28)13-14)36-25(33)21(31)20(30)24(32)35-15-5-3-2-4-6-15;1-3(5(7)8)9-4(2)6/h2-9,18,20-21,23,29-31,34H,10-13H2,1H3;3H,1-2H3,(H,7,8)/t18-,20-,21-,23+,26+,27-;/m1./s1. The lowest BCUT2D eigenvalue weighted by atomic mass is 9.50. The fourth-order valence-corrected chi connectivity index (χ4v) is 6.84. The normalized spacial score (nSPS) is 27.2. The summed E-state index contributed by atoms with van der Waals surface area (Å²) in [6, 6.07) is 11.1. The lowest BCUT2D eigenvalue weighted by molar-refractivity contribution is -0.177. The molecule has 6 rings (SSSR count). The highest BCUT2D eigenvalue weighted by molar-refractivity contribution is 5.87. The second kappa shape index (κ2) is 12.4. The third-order valence-corrected chi connectivity index (χ3v) is 9.01. The van der Waals surface area contributed by atoms with Crippen molar-refractivity contribution in [1.82, 2.24) is 4.90 Å². The molecule has 46 heavy (non-hydrogen) atoms. The molecule has 7 atom stereocenters. The Hall–Kier alpha value is -4.50. The highest BCUT2D eigenvalue weighted by Crippen LogP contribution is 2.65. The zero-order chi connectivity index (χ0) is 33.6. The van der Waals surface area contributed by atoms with E-state index in [2.05, 4.69) is 9.64 Å². The number of para-hydroxylation sites is 1. The number of benzene rings is 2. The van der Waals surface area contributed by atoms with Gasteiger partial charge in [-0.3, -0.25) is 4.79 Å². The molecule has 14 heteroatoms. The first-order chi connectivity index (χ1) is 21.7. The number of likely N-dealkylation sites (tertiary alicyclic amines) is 1. The molecule has 14 nitrogen and oxygen atoms in total. The SMILES string of the molecule is CC(=O)OC(C)C(=O)O.CN1CC[C@]23c4c5ccc(O)c4O[C@H]2C(OC(=O)[C@H](O)[C@@H](O)C(=O)Oc2ccccc2)=CC[C@@]3(O)[C@H]1C5. The third-order valence-electron chi connectivity index (χ3n) is 9.01. The molecule has 0 saturated carbocycles. The minimum absolute atomic E-state index is 0.0455. The molecule has 246 valence electrons. The maximum atomic E-state index is 12.8. The third kappa shape index (κ3) is 5.47. The zero-order valence-corrected chi connectivity index (χ0v) is 25.3. The Bertz CT molecular complexity index is 1580. The van der Waals surface area contributed by atoms with Gasteiger partial charge in [0.1, 0.15) is 11.5 Å². The predicted molar refractivity (Wildman–Crippen MR) is 156 cm³/mol. The molecule has 0 amide bonds. The molecule has 2 aromatic carbocycles. The smallest absolute Gasteiger partial charge is 0.344 e. The van der Waals surface area contributed by atoms with Gasteiger partial charge in [-0.1, -0.05) is 24.3 Å². The quantitative estimate of drug-likeness (QED) is 0.207. The molecule has 0 radical (unpaired) electrons. The van der Waals surface area contributed by atoms with Gasteiger partial charge < -0.3 is 49.4 Å². The molecule has 2 aliphatic carbocycles. The van der Waals surface area contributed by atoms with Crippen LogP contribution in [-0.4, -0.2) is 104 Å². The van der Waals surface area contributed by atoms with Crippen LogP contribution in [0.25, 0.3) is 0 Å². The maximum absolute atomic E-state index is 12.8. The molecular formula is C32H35NO13. The number of esters is 3. The fraction of sp³-hybridized carbons (Fsp3) is 0.438.